The quantitative estimate of drug-likeness (QED) is 0.906. The summed E-state index contributed by atoms with van der Waals surface area (Å²) in [6.07, 6.45) is 2.44. The smallest absolute Gasteiger partial charge is 0.251 e. The second-order valence-corrected chi connectivity index (χ2v) is 7.13. The lowest BCUT2D eigenvalue weighted by Gasteiger charge is -2.32. The van der Waals surface area contributed by atoms with E-state index in [9.17, 15) is 4.79 Å². The third-order valence-electron chi connectivity index (χ3n) is 4.48. The summed E-state index contributed by atoms with van der Waals surface area (Å²) in [6, 6.07) is 13.3. The van der Waals surface area contributed by atoms with Crippen LogP contribution in [0.2, 0.25) is 0 Å². The number of nitrogens with one attached hydrogen (secondary N) is 1. The molecule has 1 amide bonds. The molecule has 0 bridgehead atoms. The van der Waals surface area contributed by atoms with E-state index < -0.39 is 0 Å². The van der Waals surface area contributed by atoms with Gasteiger partial charge in [-0.15, -0.1) is 11.3 Å². The molecule has 1 aliphatic rings. The average Bonchev–Trinajstić information content (AvgIpc) is 3.29. The van der Waals surface area contributed by atoms with Crippen molar-refractivity contribution in [2.45, 2.75) is 31.8 Å². The zero-order valence-corrected chi connectivity index (χ0v) is 14.6. The van der Waals surface area contributed by atoms with Crippen LogP contribution in [0.15, 0.2) is 41.8 Å². The van der Waals surface area contributed by atoms with Crippen molar-refractivity contribution in [2.75, 3.05) is 13.1 Å². The fourth-order valence-corrected chi connectivity index (χ4v) is 4.25. The van der Waals surface area contributed by atoms with Gasteiger partial charge in [-0.1, -0.05) is 6.07 Å². The molecule has 1 saturated heterocycles. The molecule has 24 heavy (non-hydrogen) atoms. The second-order valence-electron chi connectivity index (χ2n) is 6.15. The van der Waals surface area contributed by atoms with Crippen LogP contribution in [-0.4, -0.2) is 29.9 Å². The van der Waals surface area contributed by atoms with Gasteiger partial charge in [0.25, 0.3) is 5.91 Å². The van der Waals surface area contributed by atoms with Gasteiger partial charge in [-0.25, -0.2) is 0 Å². The molecule has 1 aromatic heterocycles. The van der Waals surface area contributed by atoms with Gasteiger partial charge in [0.05, 0.1) is 17.7 Å². The summed E-state index contributed by atoms with van der Waals surface area (Å²) >= 11 is 1.75. The fourth-order valence-electron chi connectivity index (χ4n) is 3.29. The van der Waals surface area contributed by atoms with Crippen molar-refractivity contribution in [3.8, 4) is 6.07 Å². The minimum atomic E-state index is -0.0901. The Hall–Kier alpha value is -2.16. The Balaban J connectivity index is 1.73. The molecule has 1 fully saturated rings. The molecule has 0 spiro atoms. The highest BCUT2D eigenvalue weighted by Gasteiger charge is 2.30. The van der Waals surface area contributed by atoms with Crippen molar-refractivity contribution in [3.05, 3.63) is 57.8 Å². The van der Waals surface area contributed by atoms with Crippen LogP contribution in [0, 0.1) is 11.3 Å². The predicted molar refractivity (Wildman–Crippen MR) is 96.0 cm³/mol. The number of carbonyl (C=O) groups is 1. The first kappa shape index (κ1) is 16.7. The number of likely N-dealkylation sites (tertiary alicyclic amines) is 1. The third kappa shape index (κ3) is 3.66. The molecular formula is C19H21N3OS. The van der Waals surface area contributed by atoms with E-state index >= 15 is 0 Å². The van der Waals surface area contributed by atoms with E-state index in [4.69, 9.17) is 5.26 Å². The number of benzene rings is 1. The van der Waals surface area contributed by atoms with Gasteiger partial charge in [-0.2, -0.15) is 5.26 Å². The van der Waals surface area contributed by atoms with Gasteiger partial charge in [0.1, 0.15) is 0 Å². The zero-order valence-electron chi connectivity index (χ0n) is 13.7. The fraction of sp³-hybridized carbons (Fsp3) is 0.368. The van der Waals surface area contributed by atoms with Crippen molar-refractivity contribution < 1.29 is 4.79 Å². The molecule has 4 nitrogen and oxygen atoms in total. The molecule has 1 aromatic carbocycles. The molecule has 2 atom stereocenters. The number of rotatable bonds is 5. The van der Waals surface area contributed by atoms with Crippen molar-refractivity contribution in [1.29, 1.82) is 5.26 Å². The maximum Gasteiger partial charge on any atom is 0.251 e. The first-order chi connectivity index (χ1) is 11.7. The number of nitrogens with zero attached hydrogens (tertiary/aromatic N) is 2. The molecular weight excluding hydrogens is 318 g/mol. The number of hydrogen-bond donors (Lipinski definition) is 1. The topological polar surface area (TPSA) is 56.1 Å². The summed E-state index contributed by atoms with van der Waals surface area (Å²) in [6.45, 7) is 4.24. The van der Waals surface area contributed by atoms with E-state index in [-0.39, 0.29) is 18.0 Å². The Morgan fingerprint density at radius 1 is 1.25 bits per heavy atom. The SMILES string of the molecule is C[C@@H](NC(=O)c1ccc(C#N)cc1)[C@@H](c1cccs1)N1CCCC1. The monoisotopic (exact) mass is 339 g/mol. The van der Waals surface area contributed by atoms with Crippen LogP contribution in [0.25, 0.3) is 0 Å². The standard InChI is InChI=1S/C19H21N3OS/c1-14(21-19(23)16-8-6-15(13-20)7-9-16)18(17-5-4-12-24-17)22-10-2-3-11-22/h4-9,12,14,18H,2-3,10-11H2,1H3,(H,21,23)/t14-,18+/m1/s1. The zero-order chi connectivity index (χ0) is 16.9. The maximum atomic E-state index is 12.5. The summed E-state index contributed by atoms with van der Waals surface area (Å²) in [7, 11) is 0. The van der Waals surface area contributed by atoms with Crippen molar-refractivity contribution in [1.82, 2.24) is 10.2 Å². The maximum absolute atomic E-state index is 12.5. The number of thiophene rings is 1. The largest absolute Gasteiger partial charge is 0.348 e. The third-order valence-corrected chi connectivity index (χ3v) is 5.42. The average molecular weight is 339 g/mol. The molecule has 0 saturated carbocycles. The number of hydrogen-bond acceptors (Lipinski definition) is 4. The lowest BCUT2D eigenvalue weighted by atomic mass is 10.1. The summed E-state index contributed by atoms with van der Waals surface area (Å²) < 4.78 is 0. The minimum Gasteiger partial charge on any atom is -0.348 e. The molecule has 124 valence electrons. The van der Waals surface area contributed by atoms with Crippen LogP contribution in [0.5, 0.6) is 0 Å². The molecule has 1 aliphatic heterocycles. The number of nitriles is 1. The van der Waals surface area contributed by atoms with E-state index in [0.717, 1.165) is 13.1 Å². The summed E-state index contributed by atoms with van der Waals surface area (Å²) in [5.41, 5.74) is 1.15. The lowest BCUT2D eigenvalue weighted by molar-refractivity contribution is 0.0908. The van der Waals surface area contributed by atoms with Crippen LogP contribution >= 0.6 is 11.3 Å². The van der Waals surface area contributed by atoms with Gasteiger partial charge in [0.15, 0.2) is 0 Å². The van der Waals surface area contributed by atoms with E-state index in [1.165, 1.54) is 17.7 Å². The van der Waals surface area contributed by atoms with Gasteiger partial charge < -0.3 is 5.32 Å². The molecule has 0 unspecified atom stereocenters. The second kappa shape index (κ2) is 7.61. The van der Waals surface area contributed by atoms with E-state index in [2.05, 4.69) is 40.7 Å². The van der Waals surface area contributed by atoms with Gasteiger partial charge >= 0.3 is 0 Å². The molecule has 1 N–H and O–H groups in total. The Kier molecular flexibility index (Phi) is 5.29. The van der Waals surface area contributed by atoms with Crippen LogP contribution in [0.3, 0.4) is 0 Å². The van der Waals surface area contributed by atoms with Crippen LogP contribution in [0.1, 0.15) is 46.6 Å². The van der Waals surface area contributed by atoms with Gasteiger partial charge in [-0.3, -0.25) is 9.69 Å². The van der Waals surface area contributed by atoms with E-state index in [0.29, 0.717) is 11.1 Å². The number of carbonyl (C=O) groups excluding carboxylic acids is 1. The van der Waals surface area contributed by atoms with Crippen molar-refractivity contribution in [2.24, 2.45) is 0 Å². The highest BCUT2D eigenvalue weighted by molar-refractivity contribution is 7.10. The van der Waals surface area contributed by atoms with Gasteiger partial charge in [-0.05, 0) is 68.6 Å². The minimum absolute atomic E-state index is 0.0184. The Bertz CT molecular complexity index is 712. The summed E-state index contributed by atoms with van der Waals surface area (Å²) in [4.78, 5) is 16.3. The van der Waals surface area contributed by atoms with Crippen molar-refractivity contribution >= 4 is 17.2 Å². The Morgan fingerprint density at radius 2 is 1.96 bits per heavy atom. The Morgan fingerprint density at radius 3 is 2.54 bits per heavy atom. The van der Waals surface area contributed by atoms with Crippen molar-refractivity contribution in [3.63, 3.8) is 0 Å². The van der Waals surface area contributed by atoms with E-state index in [1.54, 1.807) is 35.6 Å². The first-order valence-corrected chi connectivity index (χ1v) is 9.15. The van der Waals surface area contributed by atoms with Crippen LogP contribution in [-0.2, 0) is 0 Å². The van der Waals surface area contributed by atoms with Gasteiger partial charge in [0.2, 0.25) is 0 Å². The van der Waals surface area contributed by atoms with Gasteiger partial charge in [0, 0.05) is 16.5 Å². The normalized spacial score (nSPS) is 17.2. The number of amides is 1. The van der Waals surface area contributed by atoms with E-state index in [1.807, 2.05) is 0 Å². The molecule has 0 radical (unpaired) electrons. The highest BCUT2D eigenvalue weighted by atomic mass is 32.1. The molecule has 0 aliphatic carbocycles. The van der Waals surface area contributed by atoms with Crippen LogP contribution < -0.4 is 5.32 Å². The van der Waals surface area contributed by atoms with Crippen LogP contribution in [0.4, 0.5) is 0 Å². The summed E-state index contributed by atoms with van der Waals surface area (Å²) in [5, 5.41) is 14.1. The highest BCUT2D eigenvalue weighted by Crippen LogP contribution is 2.31. The first-order valence-electron chi connectivity index (χ1n) is 8.27. The molecule has 5 heteroatoms. The lowest BCUT2D eigenvalue weighted by Crippen LogP contribution is -2.43. The predicted octanol–water partition coefficient (Wildman–Crippen LogP) is 3.58. The molecule has 3 rings (SSSR count). The molecule has 2 aromatic rings. The Labute approximate surface area is 146 Å². The summed E-state index contributed by atoms with van der Waals surface area (Å²) in [5.74, 6) is -0.0901. The molecule has 2 heterocycles.